The fraction of sp³-hybridized carbons (Fsp3) is 0.100. The summed E-state index contributed by atoms with van der Waals surface area (Å²) >= 11 is 0. The molecule has 0 atom stereocenters. The van der Waals surface area contributed by atoms with Crippen LogP contribution in [-0.2, 0) is 12.4 Å². The molecule has 2 aromatic heterocycles. The van der Waals surface area contributed by atoms with Crippen molar-refractivity contribution in [2.75, 3.05) is 0 Å². The fourth-order valence-corrected chi connectivity index (χ4v) is 7.01. The summed E-state index contributed by atoms with van der Waals surface area (Å²) in [7, 11) is 0. The largest absolute Gasteiger partial charge is 0.417 e. The Morgan fingerprint density at radius 2 is 0.771 bits per heavy atom. The smallest absolute Gasteiger partial charge is 0.309 e. The van der Waals surface area contributed by atoms with Crippen molar-refractivity contribution in [3.8, 4) is 22.5 Å². The number of alkyl halides is 6. The Balaban J connectivity index is 1.36. The van der Waals surface area contributed by atoms with Crippen LogP contribution in [0.5, 0.6) is 0 Å². The van der Waals surface area contributed by atoms with Gasteiger partial charge < -0.3 is 9.13 Å². The van der Waals surface area contributed by atoms with Crippen LogP contribution in [-0.4, -0.2) is 9.13 Å². The van der Waals surface area contributed by atoms with Crippen LogP contribution in [0.1, 0.15) is 22.3 Å². The van der Waals surface area contributed by atoms with Crippen LogP contribution >= 0.6 is 0 Å². The van der Waals surface area contributed by atoms with E-state index < -0.39 is 34.6 Å². The molecule has 8 aromatic rings. The molecule has 0 aliphatic rings. The molecule has 0 saturated heterocycles. The Morgan fingerprint density at radius 3 is 1.17 bits per heavy atom. The van der Waals surface area contributed by atoms with E-state index in [1.165, 1.54) is 12.1 Å². The number of aryl methyl sites for hydroxylation is 2. The molecule has 0 aliphatic heterocycles. The molecule has 0 saturated carbocycles. The van der Waals surface area contributed by atoms with Gasteiger partial charge in [-0.3, -0.25) is 0 Å². The van der Waals surface area contributed by atoms with E-state index in [1.807, 2.05) is 86.6 Å². The maximum Gasteiger partial charge on any atom is 0.417 e. The summed E-state index contributed by atoms with van der Waals surface area (Å²) < 4.78 is 92.6. The Bertz CT molecular complexity index is 2390. The van der Waals surface area contributed by atoms with E-state index in [0.29, 0.717) is 22.1 Å². The van der Waals surface area contributed by atoms with Crippen LogP contribution in [0.2, 0.25) is 0 Å². The molecule has 238 valence electrons. The molecular weight excluding hydrogens is 622 g/mol. The fourth-order valence-electron chi connectivity index (χ4n) is 7.01. The Hall–Kier alpha value is -5.50. The van der Waals surface area contributed by atoms with Crippen LogP contribution in [0.25, 0.3) is 66.1 Å². The molecule has 2 heterocycles. The number of nitrogens with zero attached hydrogens (tertiary/aromatic N) is 2. The third-order valence-electron chi connectivity index (χ3n) is 9.08. The van der Waals surface area contributed by atoms with Crippen LogP contribution in [0.15, 0.2) is 121 Å². The van der Waals surface area contributed by atoms with Crippen molar-refractivity contribution >= 4 is 43.6 Å². The van der Waals surface area contributed by atoms with Gasteiger partial charge >= 0.3 is 12.4 Å². The van der Waals surface area contributed by atoms with Gasteiger partial charge in [-0.2, -0.15) is 26.3 Å². The third kappa shape index (κ3) is 4.66. The molecule has 0 amide bonds. The minimum Gasteiger partial charge on any atom is -0.309 e. The predicted molar refractivity (Wildman–Crippen MR) is 180 cm³/mol. The molecule has 48 heavy (non-hydrogen) atoms. The number of para-hydroxylation sites is 2. The van der Waals surface area contributed by atoms with Crippen LogP contribution < -0.4 is 0 Å². The SMILES string of the molecule is Cc1ccc2c(c1)c1ccccc1n2-c1ccc(-c2ccc(-n3c4ccccc4c4cc(C)ccc43)cc2C(F)(F)F)c(C(F)(F)F)c1. The molecule has 0 N–H and O–H groups in total. The molecule has 0 fully saturated rings. The summed E-state index contributed by atoms with van der Waals surface area (Å²) in [6.45, 7) is 3.88. The van der Waals surface area contributed by atoms with Crippen molar-refractivity contribution in [3.05, 3.63) is 144 Å². The molecule has 0 radical (unpaired) electrons. The predicted octanol–water partition coefficient (Wildman–Crippen LogP) is 12.2. The quantitative estimate of drug-likeness (QED) is 0.169. The van der Waals surface area contributed by atoms with Gasteiger partial charge in [-0.1, -0.05) is 71.8 Å². The molecule has 0 spiro atoms. The average molecular weight is 649 g/mol. The van der Waals surface area contributed by atoms with Gasteiger partial charge in [0.25, 0.3) is 0 Å². The van der Waals surface area contributed by atoms with E-state index in [-0.39, 0.29) is 11.4 Å². The van der Waals surface area contributed by atoms with E-state index in [4.69, 9.17) is 0 Å². The molecule has 2 nitrogen and oxygen atoms in total. The summed E-state index contributed by atoms with van der Waals surface area (Å²) in [6, 6.07) is 33.3. The van der Waals surface area contributed by atoms with Crippen molar-refractivity contribution in [1.29, 1.82) is 0 Å². The van der Waals surface area contributed by atoms with Gasteiger partial charge in [-0.15, -0.1) is 0 Å². The van der Waals surface area contributed by atoms with Gasteiger partial charge in [-0.25, -0.2) is 0 Å². The highest BCUT2D eigenvalue weighted by Gasteiger charge is 2.39. The topological polar surface area (TPSA) is 9.86 Å². The summed E-state index contributed by atoms with van der Waals surface area (Å²) in [5.74, 6) is 0. The molecule has 8 rings (SSSR count). The van der Waals surface area contributed by atoms with E-state index >= 15 is 0 Å². The van der Waals surface area contributed by atoms with E-state index in [1.54, 1.807) is 21.3 Å². The standard InChI is InChI=1S/C40H26F6N2/c1-23-11-17-37-31(19-23)29-7-3-5-9-35(29)47(37)25-13-15-27(33(21-25)39(41,42)43)28-16-14-26(22-34(28)40(44,45)46)48-36-10-6-4-8-30(36)32-20-24(2)12-18-38(32)48/h3-22H,1-2H3. The molecule has 6 aromatic carbocycles. The normalized spacial score (nSPS) is 12.6. The van der Waals surface area contributed by atoms with Crippen molar-refractivity contribution < 1.29 is 26.3 Å². The highest BCUT2D eigenvalue weighted by Crippen LogP contribution is 2.45. The molecule has 0 unspecified atom stereocenters. The van der Waals surface area contributed by atoms with E-state index in [9.17, 15) is 26.3 Å². The van der Waals surface area contributed by atoms with Crippen molar-refractivity contribution in [1.82, 2.24) is 9.13 Å². The van der Waals surface area contributed by atoms with Crippen molar-refractivity contribution in [2.45, 2.75) is 26.2 Å². The highest BCUT2D eigenvalue weighted by molar-refractivity contribution is 6.10. The minimum atomic E-state index is -4.94. The van der Waals surface area contributed by atoms with Crippen molar-refractivity contribution in [2.24, 2.45) is 0 Å². The van der Waals surface area contributed by atoms with E-state index in [0.717, 1.165) is 56.9 Å². The zero-order valence-electron chi connectivity index (χ0n) is 25.7. The maximum absolute atomic E-state index is 14.9. The van der Waals surface area contributed by atoms with Gasteiger partial charge in [0.05, 0.1) is 33.2 Å². The number of halogens is 6. The van der Waals surface area contributed by atoms with Crippen LogP contribution in [0, 0.1) is 13.8 Å². The average Bonchev–Trinajstić information content (AvgIpc) is 3.55. The summed E-state index contributed by atoms with van der Waals surface area (Å²) in [4.78, 5) is 0. The molecule has 0 aliphatic carbocycles. The molecular formula is C40H26F6N2. The second-order valence-corrected chi connectivity index (χ2v) is 12.2. The minimum absolute atomic E-state index is 0.201. The van der Waals surface area contributed by atoms with Gasteiger partial charge in [0.2, 0.25) is 0 Å². The first kappa shape index (κ1) is 29.9. The third-order valence-corrected chi connectivity index (χ3v) is 9.08. The lowest BCUT2D eigenvalue weighted by atomic mass is 9.93. The van der Waals surface area contributed by atoms with Gasteiger partial charge in [0, 0.05) is 32.9 Å². The van der Waals surface area contributed by atoms with Gasteiger partial charge in [0.15, 0.2) is 0 Å². The van der Waals surface area contributed by atoms with Gasteiger partial charge in [0.1, 0.15) is 0 Å². The van der Waals surface area contributed by atoms with E-state index in [2.05, 4.69) is 0 Å². The summed E-state index contributed by atoms with van der Waals surface area (Å²) in [6.07, 6.45) is -9.88. The zero-order valence-corrected chi connectivity index (χ0v) is 25.7. The Kier molecular flexibility index (Phi) is 6.54. The molecule has 0 bridgehead atoms. The number of fused-ring (bicyclic) bond motifs is 6. The first-order valence-corrected chi connectivity index (χ1v) is 15.3. The number of rotatable bonds is 3. The second kappa shape index (κ2) is 10.5. The highest BCUT2D eigenvalue weighted by atomic mass is 19.4. The number of hydrogen-bond acceptors (Lipinski definition) is 0. The summed E-state index contributed by atoms with van der Waals surface area (Å²) in [5, 5.41) is 3.48. The van der Waals surface area contributed by atoms with Crippen LogP contribution in [0.4, 0.5) is 26.3 Å². The monoisotopic (exact) mass is 648 g/mol. The lowest BCUT2D eigenvalue weighted by molar-refractivity contribution is -0.139. The second-order valence-electron chi connectivity index (χ2n) is 12.2. The summed E-state index contributed by atoms with van der Waals surface area (Å²) in [5.41, 5.74) is 1.80. The first-order valence-electron chi connectivity index (χ1n) is 15.3. The van der Waals surface area contributed by atoms with Crippen LogP contribution in [0.3, 0.4) is 0 Å². The van der Waals surface area contributed by atoms with Gasteiger partial charge in [-0.05, 0) is 85.6 Å². The lowest BCUT2D eigenvalue weighted by Gasteiger charge is -2.20. The lowest BCUT2D eigenvalue weighted by Crippen LogP contribution is -2.13. The maximum atomic E-state index is 14.9. The number of benzene rings is 6. The zero-order chi connectivity index (χ0) is 33.5. The number of aromatic nitrogens is 2. The van der Waals surface area contributed by atoms with Crippen molar-refractivity contribution in [3.63, 3.8) is 0 Å². The number of hydrogen-bond donors (Lipinski definition) is 0. The first-order chi connectivity index (χ1) is 22.9. The molecule has 8 heteroatoms. The Labute approximate surface area is 271 Å². The Morgan fingerprint density at radius 1 is 0.396 bits per heavy atom.